The summed E-state index contributed by atoms with van der Waals surface area (Å²) in [5, 5.41) is 0. The van der Waals surface area contributed by atoms with Crippen molar-refractivity contribution in [3.05, 3.63) is 0 Å². The van der Waals surface area contributed by atoms with Crippen molar-refractivity contribution in [3.8, 4) is 0 Å². The number of rotatable bonds is 2. The first kappa shape index (κ1) is 15.0. The highest BCUT2D eigenvalue weighted by Gasteiger charge is 2.58. The van der Waals surface area contributed by atoms with Crippen LogP contribution < -0.4 is 0 Å². The molecule has 0 aromatic carbocycles. The van der Waals surface area contributed by atoms with Gasteiger partial charge in [0.1, 0.15) is 11.1 Å². The minimum Gasteiger partial charge on any atom is -0.444 e. The Morgan fingerprint density at radius 1 is 1.06 bits per heavy atom. The fourth-order valence-electron chi connectivity index (χ4n) is 2.04. The van der Waals surface area contributed by atoms with Crippen LogP contribution in [0.15, 0.2) is 0 Å². The normalized spacial score (nSPS) is 18.2. The van der Waals surface area contributed by atoms with Gasteiger partial charge in [0.05, 0.1) is 0 Å². The first-order valence-corrected chi connectivity index (χ1v) is 6.42. The SMILES string of the molecule is CN(C(=O)OC(C)(C)C)C1(C(=O)C(C)(C)C)CC1. The number of carbonyl (C=O) groups excluding carboxylic acids is 2. The lowest BCUT2D eigenvalue weighted by atomic mass is 9.84. The van der Waals surface area contributed by atoms with E-state index in [9.17, 15) is 9.59 Å². The second-order valence-electron chi connectivity index (χ2n) is 7.15. The van der Waals surface area contributed by atoms with Crippen LogP contribution in [0.2, 0.25) is 0 Å². The van der Waals surface area contributed by atoms with Gasteiger partial charge < -0.3 is 4.74 Å². The van der Waals surface area contributed by atoms with Crippen LogP contribution in [0.4, 0.5) is 4.79 Å². The van der Waals surface area contributed by atoms with E-state index in [1.807, 2.05) is 41.5 Å². The van der Waals surface area contributed by atoms with Gasteiger partial charge in [0.25, 0.3) is 0 Å². The second kappa shape index (κ2) is 4.25. The number of hydrogen-bond donors (Lipinski definition) is 0. The van der Waals surface area contributed by atoms with Crippen LogP contribution in [0, 0.1) is 5.41 Å². The zero-order valence-corrected chi connectivity index (χ0v) is 12.6. The summed E-state index contributed by atoms with van der Waals surface area (Å²) in [6, 6.07) is 0. The van der Waals surface area contributed by atoms with Gasteiger partial charge in [-0.1, -0.05) is 20.8 Å². The summed E-state index contributed by atoms with van der Waals surface area (Å²) >= 11 is 0. The first-order chi connectivity index (χ1) is 7.90. The molecule has 1 saturated carbocycles. The Bertz CT molecular complexity index is 356. The molecule has 4 nitrogen and oxygen atoms in total. The predicted molar refractivity (Wildman–Crippen MR) is 70.4 cm³/mol. The van der Waals surface area contributed by atoms with Gasteiger partial charge in [-0.2, -0.15) is 0 Å². The molecule has 1 fully saturated rings. The fourth-order valence-corrected chi connectivity index (χ4v) is 2.04. The summed E-state index contributed by atoms with van der Waals surface area (Å²) in [6.45, 7) is 11.1. The molecule has 0 spiro atoms. The number of ether oxygens (including phenoxy) is 1. The van der Waals surface area contributed by atoms with E-state index in [-0.39, 0.29) is 5.78 Å². The molecule has 0 aliphatic heterocycles. The summed E-state index contributed by atoms with van der Waals surface area (Å²) in [5.74, 6) is 0.114. The molecule has 0 saturated heterocycles. The van der Waals surface area contributed by atoms with E-state index in [0.717, 1.165) is 12.8 Å². The number of ketones is 1. The van der Waals surface area contributed by atoms with E-state index in [1.54, 1.807) is 7.05 Å². The van der Waals surface area contributed by atoms with Gasteiger partial charge in [-0.25, -0.2) is 4.79 Å². The second-order valence-corrected chi connectivity index (χ2v) is 7.15. The van der Waals surface area contributed by atoms with Crippen LogP contribution >= 0.6 is 0 Å². The number of nitrogens with zero attached hydrogens (tertiary/aromatic N) is 1. The van der Waals surface area contributed by atoms with Crippen LogP contribution in [-0.4, -0.2) is 35.0 Å². The van der Waals surface area contributed by atoms with Gasteiger partial charge in [0.2, 0.25) is 0 Å². The Kier molecular flexibility index (Phi) is 3.54. The smallest absolute Gasteiger partial charge is 0.410 e. The minimum atomic E-state index is -0.638. The van der Waals surface area contributed by atoms with Crippen molar-refractivity contribution in [2.24, 2.45) is 5.41 Å². The zero-order valence-electron chi connectivity index (χ0n) is 12.6. The summed E-state index contributed by atoms with van der Waals surface area (Å²) in [4.78, 5) is 25.9. The van der Waals surface area contributed by atoms with Gasteiger partial charge in [-0.05, 0) is 33.6 Å². The molecule has 0 atom stereocenters. The molecule has 1 rings (SSSR count). The van der Waals surface area contributed by atoms with Crippen molar-refractivity contribution in [2.45, 2.75) is 65.5 Å². The lowest BCUT2D eigenvalue weighted by molar-refractivity contribution is -0.132. The summed E-state index contributed by atoms with van der Waals surface area (Å²) in [5.41, 5.74) is -1.61. The number of carbonyl (C=O) groups is 2. The maximum atomic E-state index is 12.4. The average molecular weight is 255 g/mol. The third-order valence-corrected chi connectivity index (χ3v) is 3.14. The van der Waals surface area contributed by atoms with E-state index in [1.165, 1.54) is 4.90 Å². The summed E-state index contributed by atoms with van der Waals surface area (Å²) < 4.78 is 5.32. The molecule has 104 valence electrons. The first-order valence-electron chi connectivity index (χ1n) is 6.42. The molecule has 0 heterocycles. The lowest BCUT2D eigenvalue weighted by Gasteiger charge is -2.33. The Labute approximate surface area is 110 Å². The van der Waals surface area contributed by atoms with Crippen molar-refractivity contribution < 1.29 is 14.3 Å². The van der Waals surface area contributed by atoms with Crippen molar-refractivity contribution in [3.63, 3.8) is 0 Å². The van der Waals surface area contributed by atoms with Gasteiger partial charge in [-0.15, -0.1) is 0 Å². The Morgan fingerprint density at radius 2 is 1.50 bits per heavy atom. The molecular weight excluding hydrogens is 230 g/mol. The zero-order chi connectivity index (χ0) is 14.4. The maximum Gasteiger partial charge on any atom is 0.410 e. The van der Waals surface area contributed by atoms with E-state index in [2.05, 4.69) is 0 Å². The van der Waals surface area contributed by atoms with Crippen LogP contribution in [0.25, 0.3) is 0 Å². The Hall–Kier alpha value is -1.06. The Morgan fingerprint density at radius 3 is 1.78 bits per heavy atom. The Balaban J connectivity index is 2.82. The number of Topliss-reactive ketones (excluding diaryl/α,β-unsaturated/α-hetero) is 1. The molecule has 0 aromatic rings. The van der Waals surface area contributed by atoms with Gasteiger partial charge >= 0.3 is 6.09 Å². The van der Waals surface area contributed by atoms with Crippen LogP contribution in [0.5, 0.6) is 0 Å². The number of amides is 1. The van der Waals surface area contributed by atoms with Crippen molar-refractivity contribution in [1.29, 1.82) is 0 Å². The number of hydrogen-bond acceptors (Lipinski definition) is 3. The maximum absolute atomic E-state index is 12.4. The standard InChI is InChI=1S/C14H25NO3/c1-12(2,3)10(16)14(8-9-14)15(7)11(17)18-13(4,5)6/h8-9H2,1-7H3. The molecule has 1 aliphatic rings. The monoisotopic (exact) mass is 255 g/mol. The van der Waals surface area contributed by atoms with E-state index in [0.29, 0.717) is 0 Å². The third kappa shape index (κ3) is 3.03. The molecule has 0 bridgehead atoms. The highest BCUT2D eigenvalue weighted by atomic mass is 16.6. The molecule has 1 aliphatic carbocycles. The third-order valence-electron chi connectivity index (χ3n) is 3.14. The topological polar surface area (TPSA) is 46.6 Å². The summed E-state index contributed by atoms with van der Waals surface area (Å²) in [7, 11) is 1.66. The minimum absolute atomic E-state index is 0.114. The van der Waals surface area contributed by atoms with Crippen LogP contribution in [0.3, 0.4) is 0 Å². The summed E-state index contributed by atoms with van der Waals surface area (Å²) in [6.07, 6.45) is 1.05. The molecule has 18 heavy (non-hydrogen) atoms. The predicted octanol–water partition coefficient (Wildman–Crippen LogP) is 3.00. The molecule has 0 radical (unpaired) electrons. The molecule has 4 heteroatoms. The van der Waals surface area contributed by atoms with Crippen LogP contribution in [-0.2, 0) is 9.53 Å². The molecule has 1 amide bonds. The molecule has 0 N–H and O–H groups in total. The fraction of sp³-hybridized carbons (Fsp3) is 0.857. The molecule has 0 unspecified atom stereocenters. The number of likely N-dealkylation sites (N-methyl/N-ethyl adjacent to an activating group) is 1. The van der Waals surface area contributed by atoms with E-state index in [4.69, 9.17) is 4.74 Å². The van der Waals surface area contributed by atoms with Crippen molar-refractivity contribution in [1.82, 2.24) is 4.90 Å². The largest absolute Gasteiger partial charge is 0.444 e. The van der Waals surface area contributed by atoms with Gasteiger partial charge in [-0.3, -0.25) is 9.69 Å². The van der Waals surface area contributed by atoms with Crippen molar-refractivity contribution in [2.75, 3.05) is 7.05 Å². The van der Waals surface area contributed by atoms with Gasteiger partial charge in [0.15, 0.2) is 5.78 Å². The lowest BCUT2D eigenvalue weighted by Crippen LogP contribution is -2.50. The highest BCUT2D eigenvalue weighted by molar-refractivity contribution is 5.97. The molecule has 0 aromatic heterocycles. The van der Waals surface area contributed by atoms with Gasteiger partial charge in [0, 0.05) is 12.5 Å². The van der Waals surface area contributed by atoms with E-state index < -0.39 is 22.6 Å². The molecular formula is C14H25NO3. The van der Waals surface area contributed by atoms with Crippen molar-refractivity contribution >= 4 is 11.9 Å². The van der Waals surface area contributed by atoms with E-state index >= 15 is 0 Å². The average Bonchev–Trinajstić information content (AvgIpc) is 2.92. The quantitative estimate of drug-likeness (QED) is 0.762. The van der Waals surface area contributed by atoms with Crippen LogP contribution in [0.1, 0.15) is 54.4 Å². The highest BCUT2D eigenvalue weighted by Crippen LogP contribution is 2.46.